The Balaban J connectivity index is 1.85. The lowest BCUT2D eigenvalue weighted by Gasteiger charge is -2.14. The van der Waals surface area contributed by atoms with Gasteiger partial charge in [0.25, 0.3) is 5.91 Å². The number of nitrogen functional groups attached to an aromatic ring is 1. The van der Waals surface area contributed by atoms with Crippen LogP contribution in [0.25, 0.3) is 0 Å². The fourth-order valence-corrected chi connectivity index (χ4v) is 1.86. The maximum absolute atomic E-state index is 13.1. The van der Waals surface area contributed by atoms with Crippen molar-refractivity contribution in [3.8, 4) is 5.75 Å². The highest BCUT2D eigenvalue weighted by molar-refractivity contribution is 5.78. The maximum atomic E-state index is 13.1. The summed E-state index contributed by atoms with van der Waals surface area (Å²) in [6, 6.07) is 12.6. The van der Waals surface area contributed by atoms with Crippen LogP contribution in [0.3, 0.4) is 0 Å². The van der Waals surface area contributed by atoms with E-state index in [0.717, 1.165) is 0 Å². The number of carbonyl (C=O) groups excluding carboxylic acids is 1. The van der Waals surface area contributed by atoms with Crippen molar-refractivity contribution in [3.05, 3.63) is 59.9 Å². The second kappa shape index (κ2) is 6.74. The number of hydrogen-bond donors (Lipinski definition) is 2. The van der Waals surface area contributed by atoms with Crippen LogP contribution >= 0.6 is 0 Å². The average molecular weight is 288 g/mol. The summed E-state index contributed by atoms with van der Waals surface area (Å²) < 4.78 is 18.5. The van der Waals surface area contributed by atoms with Crippen LogP contribution in [0.4, 0.5) is 10.1 Å². The molecular weight excluding hydrogens is 271 g/mol. The first-order chi connectivity index (χ1) is 10.0. The Morgan fingerprint density at radius 1 is 1.29 bits per heavy atom. The van der Waals surface area contributed by atoms with Crippen molar-refractivity contribution in [2.24, 2.45) is 0 Å². The molecule has 110 valence electrons. The Labute approximate surface area is 122 Å². The Morgan fingerprint density at radius 3 is 2.67 bits per heavy atom. The molecule has 0 radical (unpaired) electrons. The zero-order chi connectivity index (χ0) is 15.2. The quantitative estimate of drug-likeness (QED) is 0.831. The van der Waals surface area contributed by atoms with Gasteiger partial charge in [-0.1, -0.05) is 12.1 Å². The van der Waals surface area contributed by atoms with Crippen molar-refractivity contribution in [1.82, 2.24) is 5.32 Å². The molecule has 0 bridgehead atoms. The molecule has 0 aromatic heterocycles. The average Bonchev–Trinajstić information content (AvgIpc) is 2.46. The van der Waals surface area contributed by atoms with Gasteiger partial charge in [-0.25, -0.2) is 4.39 Å². The van der Waals surface area contributed by atoms with Gasteiger partial charge in [-0.3, -0.25) is 4.79 Å². The second-order valence-corrected chi connectivity index (χ2v) is 4.70. The first-order valence-corrected chi connectivity index (χ1v) is 6.58. The fourth-order valence-electron chi connectivity index (χ4n) is 1.86. The molecule has 1 amide bonds. The van der Waals surface area contributed by atoms with E-state index in [0.29, 0.717) is 17.0 Å². The van der Waals surface area contributed by atoms with Gasteiger partial charge in [0.1, 0.15) is 11.6 Å². The minimum atomic E-state index is -0.327. The van der Waals surface area contributed by atoms with Crippen LogP contribution in [0.15, 0.2) is 48.5 Å². The third-order valence-electron chi connectivity index (χ3n) is 2.98. The summed E-state index contributed by atoms with van der Waals surface area (Å²) in [6.07, 6.45) is 0. The Kier molecular flexibility index (Phi) is 4.77. The molecule has 0 saturated heterocycles. The Morgan fingerprint density at radius 2 is 2.00 bits per heavy atom. The number of ether oxygens (including phenoxy) is 1. The molecule has 5 heteroatoms. The standard InChI is InChI=1S/C16H17FN2O2/c1-11(12-3-2-4-13(17)9-12)19-16(20)10-21-15-7-5-14(18)6-8-15/h2-9,11H,10,18H2,1H3,(H,19,20). The van der Waals surface area contributed by atoms with Crippen LogP contribution in [0.5, 0.6) is 5.75 Å². The van der Waals surface area contributed by atoms with E-state index in [1.807, 2.05) is 0 Å². The molecule has 2 rings (SSSR count). The number of nitrogens with two attached hydrogens (primary N) is 1. The highest BCUT2D eigenvalue weighted by Crippen LogP contribution is 2.14. The van der Waals surface area contributed by atoms with Gasteiger partial charge in [0.15, 0.2) is 6.61 Å². The van der Waals surface area contributed by atoms with Crippen molar-refractivity contribution < 1.29 is 13.9 Å². The van der Waals surface area contributed by atoms with Crippen molar-refractivity contribution in [2.75, 3.05) is 12.3 Å². The first-order valence-electron chi connectivity index (χ1n) is 6.58. The molecule has 0 aliphatic heterocycles. The lowest BCUT2D eigenvalue weighted by atomic mass is 10.1. The van der Waals surface area contributed by atoms with Crippen LogP contribution in [0, 0.1) is 5.82 Å². The number of halogens is 1. The van der Waals surface area contributed by atoms with E-state index >= 15 is 0 Å². The highest BCUT2D eigenvalue weighted by Gasteiger charge is 2.10. The molecule has 0 spiro atoms. The normalized spacial score (nSPS) is 11.7. The highest BCUT2D eigenvalue weighted by atomic mass is 19.1. The Hall–Kier alpha value is -2.56. The summed E-state index contributed by atoms with van der Waals surface area (Å²) in [5.74, 6) is -0.0342. The monoisotopic (exact) mass is 288 g/mol. The third-order valence-corrected chi connectivity index (χ3v) is 2.98. The Bertz CT molecular complexity index is 614. The fraction of sp³-hybridized carbons (Fsp3) is 0.188. The topological polar surface area (TPSA) is 64.3 Å². The molecule has 3 N–H and O–H groups in total. The summed E-state index contributed by atoms with van der Waals surface area (Å²) in [5.41, 5.74) is 6.90. The molecule has 4 nitrogen and oxygen atoms in total. The van der Waals surface area contributed by atoms with E-state index in [1.165, 1.54) is 12.1 Å². The van der Waals surface area contributed by atoms with Gasteiger partial charge in [-0.15, -0.1) is 0 Å². The van der Waals surface area contributed by atoms with E-state index in [2.05, 4.69) is 5.32 Å². The number of anilines is 1. The molecule has 21 heavy (non-hydrogen) atoms. The minimum absolute atomic E-state index is 0.108. The molecule has 1 unspecified atom stereocenters. The number of benzene rings is 2. The van der Waals surface area contributed by atoms with Crippen molar-refractivity contribution in [3.63, 3.8) is 0 Å². The van der Waals surface area contributed by atoms with E-state index < -0.39 is 0 Å². The van der Waals surface area contributed by atoms with E-state index in [1.54, 1.807) is 43.3 Å². The number of nitrogens with one attached hydrogen (secondary N) is 1. The van der Waals surface area contributed by atoms with Crippen molar-refractivity contribution in [1.29, 1.82) is 0 Å². The largest absolute Gasteiger partial charge is 0.484 e. The third kappa shape index (κ3) is 4.49. The molecule has 1 atom stereocenters. The summed E-state index contributed by atoms with van der Waals surface area (Å²) in [4.78, 5) is 11.8. The molecule has 0 heterocycles. The SMILES string of the molecule is CC(NC(=O)COc1ccc(N)cc1)c1cccc(F)c1. The van der Waals surface area contributed by atoms with Crippen molar-refractivity contribution in [2.45, 2.75) is 13.0 Å². The lowest BCUT2D eigenvalue weighted by molar-refractivity contribution is -0.123. The van der Waals surface area contributed by atoms with Gasteiger partial charge in [-0.05, 0) is 48.9 Å². The summed E-state index contributed by atoms with van der Waals surface area (Å²) >= 11 is 0. The predicted molar refractivity (Wildman–Crippen MR) is 79.3 cm³/mol. The smallest absolute Gasteiger partial charge is 0.258 e. The zero-order valence-corrected chi connectivity index (χ0v) is 11.7. The van der Waals surface area contributed by atoms with E-state index in [-0.39, 0.29) is 24.4 Å². The number of amides is 1. The molecule has 0 fully saturated rings. The lowest BCUT2D eigenvalue weighted by Crippen LogP contribution is -2.31. The molecule has 0 aliphatic rings. The second-order valence-electron chi connectivity index (χ2n) is 4.70. The number of hydrogen-bond acceptors (Lipinski definition) is 3. The van der Waals surface area contributed by atoms with Crippen LogP contribution in [-0.2, 0) is 4.79 Å². The van der Waals surface area contributed by atoms with Crippen LogP contribution < -0.4 is 15.8 Å². The number of carbonyl (C=O) groups is 1. The number of rotatable bonds is 5. The molecule has 0 saturated carbocycles. The van der Waals surface area contributed by atoms with Gasteiger partial charge < -0.3 is 15.8 Å². The molecule has 2 aromatic rings. The van der Waals surface area contributed by atoms with Gasteiger partial charge in [0.05, 0.1) is 6.04 Å². The summed E-state index contributed by atoms with van der Waals surface area (Å²) in [7, 11) is 0. The van der Waals surface area contributed by atoms with Gasteiger partial charge in [-0.2, -0.15) is 0 Å². The van der Waals surface area contributed by atoms with Crippen LogP contribution in [0.2, 0.25) is 0 Å². The zero-order valence-electron chi connectivity index (χ0n) is 11.7. The maximum Gasteiger partial charge on any atom is 0.258 e. The van der Waals surface area contributed by atoms with Crippen molar-refractivity contribution >= 4 is 11.6 Å². The summed E-state index contributed by atoms with van der Waals surface area (Å²) in [5, 5.41) is 2.75. The predicted octanol–water partition coefficient (Wildman–Crippen LogP) is 2.66. The van der Waals surface area contributed by atoms with Crippen LogP contribution in [0.1, 0.15) is 18.5 Å². The van der Waals surface area contributed by atoms with Gasteiger partial charge in [0.2, 0.25) is 0 Å². The minimum Gasteiger partial charge on any atom is -0.484 e. The molecular formula is C16H17FN2O2. The molecule has 0 aliphatic carbocycles. The van der Waals surface area contributed by atoms with E-state index in [9.17, 15) is 9.18 Å². The summed E-state index contributed by atoms with van der Waals surface area (Å²) in [6.45, 7) is 1.68. The van der Waals surface area contributed by atoms with Gasteiger partial charge >= 0.3 is 0 Å². The first kappa shape index (κ1) is 14.8. The van der Waals surface area contributed by atoms with E-state index in [4.69, 9.17) is 10.5 Å². The van der Waals surface area contributed by atoms with Gasteiger partial charge in [0, 0.05) is 5.69 Å². The molecule has 2 aromatic carbocycles. The van der Waals surface area contributed by atoms with Crippen LogP contribution in [-0.4, -0.2) is 12.5 Å².